The molecular formula is C12H15FN2O2. The third kappa shape index (κ3) is 3.57. The van der Waals surface area contributed by atoms with Crippen molar-refractivity contribution in [3.63, 3.8) is 0 Å². The summed E-state index contributed by atoms with van der Waals surface area (Å²) in [7, 11) is 0. The van der Waals surface area contributed by atoms with E-state index in [0.717, 1.165) is 32.5 Å². The largest absolute Gasteiger partial charge is 0.379 e. The number of rotatable bonds is 4. The van der Waals surface area contributed by atoms with Crippen LogP contribution in [0.15, 0.2) is 18.3 Å². The molecule has 1 aromatic rings. The van der Waals surface area contributed by atoms with Gasteiger partial charge in [-0.2, -0.15) is 0 Å². The summed E-state index contributed by atoms with van der Waals surface area (Å²) < 4.78 is 17.9. The Balaban J connectivity index is 1.82. The van der Waals surface area contributed by atoms with Gasteiger partial charge in [-0.05, 0) is 12.1 Å². The fourth-order valence-electron chi connectivity index (χ4n) is 1.75. The minimum absolute atomic E-state index is 0.0449. The molecule has 5 heteroatoms. The third-order valence-corrected chi connectivity index (χ3v) is 2.77. The fraction of sp³-hybridized carbons (Fsp3) is 0.500. The van der Waals surface area contributed by atoms with Crippen LogP contribution < -0.4 is 0 Å². The minimum Gasteiger partial charge on any atom is -0.379 e. The molecule has 4 nitrogen and oxygen atoms in total. The molecule has 0 saturated carbocycles. The molecule has 0 N–H and O–H groups in total. The normalized spacial score (nSPS) is 17.0. The maximum absolute atomic E-state index is 12.6. The summed E-state index contributed by atoms with van der Waals surface area (Å²) >= 11 is 0. The van der Waals surface area contributed by atoms with Gasteiger partial charge in [0, 0.05) is 26.1 Å². The molecule has 0 amide bonds. The highest BCUT2D eigenvalue weighted by Gasteiger charge is 2.13. The van der Waals surface area contributed by atoms with Gasteiger partial charge in [-0.3, -0.25) is 14.7 Å². The second kappa shape index (κ2) is 5.84. The molecule has 1 saturated heterocycles. The predicted molar refractivity (Wildman–Crippen MR) is 60.4 cm³/mol. The zero-order valence-corrected chi connectivity index (χ0v) is 9.56. The maximum Gasteiger partial charge on any atom is 0.182 e. The highest BCUT2D eigenvalue weighted by molar-refractivity contribution is 5.94. The summed E-state index contributed by atoms with van der Waals surface area (Å²) in [6.07, 6.45) is 1.49. The lowest BCUT2D eigenvalue weighted by Crippen LogP contribution is -2.37. The Bertz CT molecular complexity index is 375. The number of hydrogen-bond acceptors (Lipinski definition) is 4. The smallest absolute Gasteiger partial charge is 0.182 e. The summed E-state index contributed by atoms with van der Waals surface area (Å²) in [5.74, 6) is -0.466. The van der Waals surface area contributed by atoms with E-state index >= 15 is 0 Å². The number of halogens is 1. The quantitative estimate of drug-likeness (QED) is 0.737. The predicted octanol–water partition coefficient (Wildman–Crippen LogP) is 1.13. The number of Topliss-reactive ketones (excluding diaryl/α,β-unsaturated/α-hetero) is 1. The van der Waals surface area contributed by atoms with E-state index in [-0.39, 0.29) is 5.78 Å². The van der Waals surface area contributed by atoms with Gasteiger partial charge in [-0.15, -0.1) is 0 Å². The molecule has 92 valence electrons. The van der Waals surface area contributed by atoms with E-state index in [1.165, 1.54) is 12.1 Å². The number of hydrogen-bond donors (Lipinski definition) is 0. The number of ketones is 1. The molecule has 1 aliphatic rings. The van der Waals surface area contributed by atoms with Crippen molar-refractivity contribution < 1.29 is 13.9 Å². The van der Waals surface area contributed by atoms with Crippen LogP contribution in [0.5, 0.6) is 0 Å². The van der Waals surface area contributed by atoms with Gasteiger partial charge in [-0.25, -0.2) is 4.39 Å². The first-order valence-corrected chi connectivity index (χ1v) is 5.70. The molecule has 2 rings (SSSR count). The summed E-state index contributed by atoms with van der Waals surface area (Å²) in [6, 6.07) is 2.69. The minimum atomic E-state index is -0.422. The molecular weight excluding hydrogens is 223 g/mol. The van der Waals surface area contributed by atoms with Crippen LogP contribution in [0.1, 0.15) is 16.9 Å². The number of nitrogens with zero attached hydrogens (tertiary/aromatic N) is 2. The second-order valence-corrected chi connectivity index (χ2v) is 3.99. The van der Waals surface area contributed by atoms with Gasteiger partial charge in [0.2, 0.25) is 0 Å². The van der Waals surface area contributed by atoms with Crippen LogP contribution in [-0.4, -0.2) is 48.5 Å². The second-order valence-electron chi connectivity index (χ2n) is 3.99. The van der Waals surface area contributed by atoms with Crippen LogP contribution in [0.2, 0.25) is 0 Å². The van der Waals surface area contributed by atoms with Crippen molar-refractivity contribution in [2.45, 2.75) is 6.42 Å². The molecule has 0 aliphatic carbocycles. The Morgan fingerprint density at radius 2 is 2.18 bits per heavy atom. The zero-order valence-electron chi connectivity index (χ0n) is 9.56. The van der Waals surface area contributed by atoms with Crippen molar-refractivity contribution in [1.82, 2.24) is 9.88 Å². The van der Waals surface area contributed by atoms with Crippen LogP contribution in [0.4, 0.5) is 4.39 Å². The van der Waals surface area contributed by atoms with Crippen LogP contribution in [0.3, 0.4) is 0 Å². The SMILES string of the molecule is O=C(CCN1CCOCC1)c1ccc(F)cn1. The van der Waals surface area contributed by atoms with E-state index in [1.807, 2.05) is 0 Å². The first-order chi connectivity index (χ1) is 8.25. The van der Waals surface area contributed by atoms with Gasteiger partial charge in [0.1, 0.15) is 11.5 Å². The van der Waals surface area contributed by atoms with Crippen LogP contribution in [-0.2, 0) is 4.74 Å². The molecule has 17 heavy (non-hydrogen) atoms. The van der Waals surface area contributed by atoms with Crippen molar-refractivity contribution in [3.05, 3.63) is 29.8 Å². The van der Waals surface area contributed by atoms with Crippen molar-refractivity contribution >= 4 is 5.78 Å². The molecule has 0 spiro atoms. The highest BCUT2D eigenvalue weighted by Crippen LogP contribution is 2.04. The Hall–Kier alpha value is -1.33. The maximum atomic E-state index is 12.6. The monoisotopic (exact) mass is 238 g/mol. The summed E-state index contributed by atoms with van der Waals surface area (Å²) in [5, 5.41) is 0. The van der Waals surface area contributed by atoms with E-state index in [2.05, 4.69) is 9.88 Å². The number of pyridine rings is 1. The molecule has 0 atom stereocenters. The van der Waals surface area contributed by atoms with E-state index in [4.69, 9.17) is 4.74 Å². The average molecular weight is 238 g/mol. The van der Waals surface area contributed by atoms with Crippen LogP contribution >= 0.6 is 0 Å². The number of carbonyl (C=O) groups is 1. The van der Waals surface area contributed by atoms with Gasteiger partial charge < -0.3 is 4.74 Å². The zero-order chi connectivity index (χ0) is 12.1. The number of ether oxygens (including phenoxy) is 1. The van der Waals surface area contributed by atoms with Crippen LogP contribution in [0, 0.1) is 5.82 Å². The van der Waals surface area contributed by atoms with Crippen LogP contribution in [0.25, 0.3) is 0 Å². The lowest BCUT2D eigenvalue weighted by molar-refractivity contribution is 0.0369. The highest BCUT2D eigenvalue weighted by atomic mass is 19.1. The van der Waals surface area contributed by atoms with Crippen molar-refractivity contribution in [2.24, 2.45) is 0 Å². The third-order valence-electron chi connectivity index (χ3n) is 2.77. The topological polar surface area (TPSA) is 42.4 Å². The summed E-state index contributed by atoms with van der Waals surface area (Å²) in [5.41, 5.74) is 0.333. The molecule has 0 bridgehead atoms. The lowest BCUT2D eigenvalue weighted by atomic mass is 10.2. The molecule has 1 aromatic heterocycles. The van der Waals surface area contributed by atoms with E-state index in [1.54, 1.807) is 0 Å². The summed E-state index contributed by atoms with van der Waals surface area (Å²) in [6.45, 7) is 3.89. The van der Waals surface area contributed by atoms with E-state index in [0.29, 0.717) is 18.7 Å². The van der Waals surface area contributed by atoms with E-state index in [9.17, 15) is 9.18 Å². The molecule has 1 aliphatic heterocycles. The fourth-order valence-corrected chi connectivity index (χ4v) is 1.75. The van der Waals surface area contributed by atoms with Crippen molar-refractivity contribution in [3.8, 4) is 0 Å². The number of morpholine rings is 1. The average Bonchev–Trinajstić information content (AvgIpc) is 2.38. The molecule has 0 unspecified atom stereocenters. The molecule has 0 aromatic carbocycles. The number of carbonyl (C=O) groups excluding carboxylic acids is 1. The first kappa shape index (κ1) is 12.1. The summed E-state index contributed by atoms with van der Waals surface area (Å²) in [4.78, 5) is 17.7. The molecule has 0 radical (unpaired) electrons. The van der Waals surface area contributed by atoms with Gasteiger partial charge in [0.05, 0.1) is 19.4 Å². The van der Waals surface area contributed by atoms with Gasteiger partial charge in [-0.1, -0.05) is 0 Å². The van der Waals surface area contributed by atoms with Crippen molar-refractivity contribution in [1.29, 1.82) is 0 Å². The van der Waals surface area contributed by atoms with Gasteiger partial charge in [0.25, 0.3) is 0 Å². The molecule has 1 fully saturated rings. The Labute approximate surface area is 99.4 Å². The van der Waals surface area contributed by atoms with Crippen molar-refractivity contribution in [2.75, 3.05) is 32.8 Å². The van der Waals surface area contributed by atoms with Gasteiger partial charge in [0.15, 0.2) is 5.78 Å². The molecule has 2 heterocycles. The first-order valence-electron chi connectivity index (χ1n) is 5.70. The lowest BCUT2D eigenvalue weighted by Gasteiger charge is -2.26. The Morgan fingerprint density at radius 3 is 2.82 bits per heavy atom. The van der Waals surface area contributed by atoms with E-state index < -0.39 is 5.82 Å². The Kier molecular flexibility index (Phi) is 4.17. The number of aromatic nitrogens is 1. The van der Waals surface area contributed by atoms with Gasteiger partial charge >= 0.3 is 0 Å². The Morgan fingerprint density at radius 1 is 1.41 bits per heavy atom. The standard InChI is InChI=1S/C12H15FN2O2/c13-10-1-2-11(14-9-10)12(16)3-4-15-5-7-17-8-6-15/h1-2,9H,3-8H2.